The number of carbonyl (C=O) groups is 1. The average molecular weight is 264 g/mol. The van der Waals surface area contributed by atoms with Gasteiger partial charge < -0.3 is 5.11 Å². The zero-order chi connectivity index (χ0) is 13.5. The predicted molar refractivity (Wildman–Crippen MR) is 65.7 cm³/mol. The molecule has 1 amide bonds. The Hall–Kier alpha value is -1.90. The molecular weight excluding hydrogens is 254 g/mol. The number of aliphatic hydroxyl groups is 1. The van der Waals surface area contributed by atoms with E-state index >= 15 is 0 Å². The van der Waals surface area contributed by atoms with Gasteiger partial charge in [0.15, 0.2) is 5.72 Å². The molecule has 92 valence electrons. The third kappa shape index (κ3) is 1.67. The highest BCUT2D eigenvalue weighted by Gasteiger charge is 2.46. The van der Waals surface area contributed by atoms with Crippen LogP contribution < -0.4 is 4.90 Å². The SMILES string of the molecule is CC1=C(C#N)C(=O)N(c2ccc(Cl)cn2)C1(C)O. The second-order valence-corrected chi connectivity index (χ2v) is 4.54. The summed E-state index contributed by atoms with van der Waals surface area (Å²) in [6.07, 6.45) is 1.37. The quantitative estimate of drug-likeness (QED) is 0.835. The highest BCUT2D eigenvalue weighted by atomic mass is 35.5. The molecule has 0 spiro atoms. The zero-order valence-electron chi connectivity index (χ0n) is 9.81. The van der Waals surface area contributed by atoms with Gasteiger partial charge in [-0.05, 0) is 26.0 Å². The van der Waals surface area contributed by atoms with E-state index in [2.05, 4.69) is 4.98 Å². The molecule has 1 aliphatic heterocycles. The van der Waals surface area contributed by atoms with E-state index in [0.29, 0.717) is 10.6 Å². The molecule has 1 aliphatic rings. The van der Waals surface area contributed by atoms with Crippen LogP contribution in [0.25, 0.3) is 0 Å². The minimum absolute atomic E-state index is 0.0586. The zero-order valence-corrected chi connectivity index (χ0v) is 10.6. The molecule has 1 aromatic rings. The van der Waals surface area contributed by atoms with Gasteiger partial charge >= 0.3 is 0 Å². The minimum Gasteiger partial charge on any atom is -0.367 e. The largest absolute Gasteiger partial charge is 0.367 e. The fourth-order valence-corrected chi connectivity index (χ4v) is 1.95. The second kappa shape index (κ2) is 4.09. The maximum absolute atomic E-state index is 12.1. The van der Waals surface area contributed by atoms with Crippen molar-refractivity contribution in [2.45, 2.75) is 19.6 Å². The van der Waals surface area contributed by atoms with E-state index in [4.69, 9.17) is 16.9 Å². The van der Waals surface area contributed by atoms with Crippen molar-refractivity contribution in [3.63, 3.8) is 0 Å². The van der Waals surface area contributed by atoms with Gasteiger partial charge in [-0.3, -0.25) is 9.69 Å². The first-order valence-electron chi connectivity index (χ1n) is 5.19. The standard InChI is InChI=1S/C12H10ClN3O2/c1-7-9(5-14)11(17)16(12(7,2)18)10-4-3-8(13)6-15-10/h3-4,6,18H,1-2H3. The van der Waals surface area contributed by atoms with Crippen molar-refractivity contribution in [3.05, 3.63) is 34.5 Å². The van der Waals surface area contributed by atoms with Crippen molar-refractivity contribution >= 4 is 23.3 Å². The van der Waals surface area contributed by atoms with E-state index in [1.165, 1.54) is 19.2 Å². The molecule has 1 N–H and O–H groups in total. The van der Waals surface area contributed by atoms with Crippen LogP contribution in [0.5, 0.6) is 0 Å². The molecule has 5 nitrogen and oxygen atoms in total. The van der Waals surface area contributed by atoms with Gasteiger partial charge in [0.25, 0.3) is 5.91 Å². The Bertz CT molecular complexity index is 584. The molecule has 2 heterocycles. The Morgan fingerprint density at radius 1 is 1.56 bits per heavy atom. The number of pyridine rings is 1. The highest BCUT2D eigenvalue weighted by molar-refractivity contribution is 6.30. The topological polar surface area (TPSA) is 77.2 Å². The molecule has 2 rings (SSSR count). The predicted octanol–water partition coefficient (Wildman–Crippen LogP) is 1.63. The van der Waals surface area contributed by atoms with Crippen molar-refractivity contribution in [2.75, 3.05) is 4.90 Å². The number of halogens is 1. The molecule has 0 aliphatic carbocycles. The number of hydrogen-bond acceptors (Lipinski definition) is 4. The minimum atomic E-state index is -1.55. The van der Waals surface area contributed by atoms with Crippen molar-refractivity contribution in [1.82, 2.24) is 4.98 Å². The van der Waals surface area contributed by atoms with Gasteiger partial charge in [-0.25, -0.2) is 4.98 Å². The van der Waals surface area contributed by atoms with Crippen molar-refractivity contribution in [1.29, 1.82) is 5.26 Å². The van der Waals surface area contributed by atoms with E-state index in [1.807, 2.05) is 0 Å². The molecule has 0 fully saturated rings. The highest BCUT2D eigenvalue weighted by Crippen LogP contribution is 2.36. The maximum Gasteiger partial charge on any atom is 0.272 e. The van der Waals surface area contributed by atoms with Crippen LogP contribution in [0.2, 0.25) is 5.02 Å². The van der Waals surface area contributed by atoms with E-state index in [-0.39, 0.29) is 11.4 Å². The Morgan fingerprint density at radius 2 is 2.22 bits per heavy atom. The number of carbonyl (C=O) groups excluding carboxylic acids is 1. The Balaban J connectivity index is 2.52. The molecule has 6 heteroatoms. The number of nitrogens with zero attached hydrogens (tertiary/aromatic N) is 3. The molecule has 1 atom stereocenters. The number of hydrogen-bond donors (Lipinski definition) is 1. The van der Waals surface area contributed by atoms with Crippen molar-refractivity contribution in [3.8, 4) is 6.07 Å². The summed E-state index contributed by atoms with van der Waals surface area (Å²) in [6, 6.07) is 4.88. The number of amides is 1. The Labute approximate surface area is 109 Å². The molecule has 0 saturated heterocycles. The molecule has 1 aromatic heterocycles. The Morgan fingerprint density at radius 3 is 2.67 bits per heavy atom. The number of anilines is 1. The van der Waals surface area contributed by atoms with Crippen LogP contribution in [0.1, 0.15) is 13.8 Å². The third-order valence-corrected chi connectivity index (χ3v) is 3.21. The van der Waals surface area contributed by atoms with Crippen LogP contribution in [-0.2, 0) is 4.79 Å². The first-order valence-corrected chi connectivity index (χ1v) is 5.57. The van der Waals surface area contributed by atoms with Gasteiger partial charge in [0.2, 0.25) is 0 Å². The molecule has 18 heavy (non-hydrogen) atoms. The molecule has 1 unspecified atom stereocenters. The monoisotopic (exact) mass is 263 g/mol. The summed E-state index contributed by atoms with van der Waals surface area (Å²) in [4.78, 5) is 17.1. The van der Waals surface area contributed by atoms with Crippen LogP contribution in [0, 0.1) is 11.3 Å². The van der Waals surface area contributed by atoms with E-state index < -0.39 is 11.6 Å². The van der Waals surface area contributed by atoms with Gasteiger partial charge in [0.1, 0.15) is 17.5 Å². The summed E-state index contributed by atoms with van der Waals surface area (Å²) in [6.45, 7) is 2.99. The van der Waals surface area contributed by atoms with Crippen LogP contribution in [-0.4, -0.2) is 21.7 Å². The summed E-state index contributed by atoms with van der Waals surface area (Å²) in [7, 11) is 0. The first-order chi connectivity index (χ1) is 8.39. The lowest BCUT2D eigenvalue weighted by Crippen LogP contribution is -2.46. The van der Waals surface area contributed by atoms with E-state index in [9.17, 15) is 9.90 Å². The smallest absolute Gasteiger partial charge is 0.272 e. The maximum atomic E-state index is 12.1. The third-order valence-electron chi connectivity index (χ3n) is 2.99. The van der Waals surface area contributed by atoms with Crippen molar-refractivity contribution < 1.29 is 9.90 Å². The first kappa shape index (κ1) is 12.6. The lowest BCUT2D eigenvalue weighted by molar-refractivity contribution is -0.116. The van der Waals surface area contributed by atoms with E-state index in [0.717, 1.165) is 4.90 Å². The van der Waals surface area contributed by atoms with Crippen LogP contribution >= 0.6 is 11.6 Å². The summed E-state index contributed by atoms with van der Waals surface area (Å²) >= 11 is 5.72. The molecule has 0 radical (unpaired) electrons. The molecule has 0 saturated carbocycles. The lowest BCUT2D eigenvalue weighted by atomic mass is 10.1. The lowest BCUT2D eigenvalue weighted by Gasteiger charge is -2.30. The van der Waals surface area contributed by atoms with Crippen molar-refractivity contribution in [2.24, 2.45) is 0 Å². The number of aromatic nitrogens is 1. The summed E-state index contributed by atoms with van der Waals surface area (Å²) in [5, 5.41) is 19.7. The summed E-state index contributed by atoms with van der Waals surface area (Å²) in [5.41, 5.74) is -1.30. The van der Waals surface area contributed by atoms with Gasteiger partial charge in [0, 0.05) is 11.8 Å². The van der Waals surface area contributed by atoms with Gasteiger partial charge in [-0.15, -0.1) is 0 Å². The number of rotatable bonds is 1. The van der Waals surface area contributed by atoms with Crippen LogP contribution in [0.3, 0.4) is 0 Å². The summed E-state index contributed by atoms with van der Waals surface area (Å²) in [5.74, 6) is -0.311. The van der Waals surface area contributed by atoms with Gasteiger partial charge in [-0.1, -0.05) is 11.6 Å². The van der Waals surface area contributed by atoms with Crippen LogP contribution in [0.15, 0.2) is 29.5 Å². The Kier molecular flexibility index (Phi) is 2.85. The van der Waals surface area contributed by atoms with Gasteiger partial charge in [0.05, 0.1) is 5.02 Å². The van der Waals surface area contributed by atoms with Gasteiger partial charge in [-0.2, -0.15) is 5.26 Å². The fourth-order valence-electron chi connectivity index (χ4n) is 1.83. The van der Waals surface area contributed by atoms with E-state index in [1.54, 1.807) is 19.1 Å². The average Bonchev–Trinajstić information content (AvgIpc) is 2.48. The molecule has 0 bridgehead atoms. The molecule has 0 aromatic carbocycles. The second-order valence-electron chi connectivity index (χ2n) is 4.11. The number of nitriles is 1. The normalized spacial score (nSPS) is 23.5. The summed E-state index contributed by atoms with van der Waals surface area (Å²) < 4.78 is 0. The fraction of sp³-hybridized carbons (Fsp3) is 0.250. The van der Waals surface area contributed by atoms with Crippen LogP contribution in [0.4, 0.5) is 5.82 Å². The molecular formula is C12H10ClN3O2.